The van der Waals surface area contributed by atoms with E-state index in [4.69, 9.17) is 0 Å². The van der Waals surface area contributed by atoms with Gasteiger partial charge in [0.05, 0.1) is 0 Å². The number of rotatable bonds is 3. The van der Waals surface area contributed by atoms with Crippen LogP contribution in [0.3, 0.4) is 0 Å². The van der Waals surface area contributed by atoms with Gasteiger partial charge in [0, 0.05) is 51.5 Å². The number of aromatic nitrogens is 3. The second kappa shape index (κ2) is 7.90. The van der Waals surface area contributed by atoms with Gasteiger partial charge in [0.15, 0.2) is 0 Å². The molecule has 27 heavy (non-hydrogen) atoms. The summed E-state index contributed by atoms with van der Waals surface area (Å²) in [4.78, 5) is 32.3. The van der Waals surface area contributed by atoms with E-state index in [-0.39, 0.29) is 5.91 Å². The molecule has 0 atom stereocenters. The maximum absolute atomic E-state index is 12.9. The minimum atomic E-state index is -0.00954. The number of piperidine rings is 1. The van der Waals surface area contributed by atoms with Gasteiger partial charge in [-0.1, -0.05) is 13.0 Å². The zero-order chi connectivity index (χ0) is 18.6. The van der Waals surface area contributed by atoms with Crippen molar-refractivity contribution in [1.82, 2.24) is 19.9 Å². The SMILES string of the molecule is CC1CCN(c2cc(C(=O)N3CCN(c4ccccn4)CC3)ncn2)CC1. The minimum absolute atomic E-state index is 0.00954. The summed E-state index contributed by atoms with van der Waals surface area (Å²) in [6.07, 6.45) is 5.66. The van der Waals surface area contributed by atoms with Crippen LogP contribution in [0.15, 0.2) is 36.8 Å². The van der Waals surface area contributed by atoms with Crippen molar-refractivity contribution in [3.8, 4) is 0 Å². The number of anilines is 2. The summed E-state index contributed by atoms with van der Waals surface area (Å²) in [5.41, 5.74) is 0.491. The van der Waals surface area contributed by atoms with Crippen LogP contribution in [0, 0.1) is 5.92 Å². The van der Waals surface area contributed by atoms with Crippen molar-refractivity contribution in [3.63, 3.8) is 0 Å². The fourth-order valence-corrected chi connectivity index (χ4v) is 3.72. The van der Waals surface area contributed by atoms with Gasteiger partial charge in [-0.25, -0.2) is 15.0 Å². The first kappa shape index (κ1) is 17.7. The summed E-state index contributed by atoms with van der Waals surface area (Å²) in [7, 11) is 0. The van der Waals surface area contributed by atoms with Gasteiger partial charge in [-0.15, -0.1) is 0 Å². The number of piperazine rings is 1. The molecule has 4 heterocycles. The highest BCUT2D eigenvalue weighted by molar-refractivity contribution is 5.93. The molecule has 1 amide bonds. The van der Waals surface area contributed by atoms with Crippen LogP contribution < -0.4 is 9.80 Å². The molecule has 2 aromatic rings. The largest absolute Gasteiger partial charge is 0.356 e. The van der Waals surface area contributed by atoms with Crippen LogP contribution in [0.25, 0.3) is 0 Å². The van der Waals surface area contributed by atoms with Crippen LogP contribution >= 0.6 is 0 Å². The van der Waals surface area contributed by atoms with Crippen molar-refractivity contribution < 1.29 is 4.79 Å². The van der Waals surface area contributed by atoms with Gasteiger partial charge in [0.25, 0.3) is 5.91 Å². The summed E-state index contributed by atoms with van der Waals surface area (Å²) >= 11 is 0. The topological polar surface area (TPSA) is 65.5 Å². The minimum Gasteiger partial charge on any atom is -0.356 e. The monoisotopic (exact) mass is 366 g/mol. The van der Waals surface area contributed by atoms with Gasteiger partial charge < -0.3 is 14.7 Å². The summed E-state index contributed by atoms with van der Waals surface area (Å²) in [5.74, 6) is 2.59. The van der Waals surface area contributed by atoms with E-state index in [1.54, 1.807) is 6.20 Å². The lowest BCUT2D eigenvalue weighted by atomic mass is 9.99. The molecule has 0 N–H and O–H groups in total. The van der Waals surface area contributed by atoms with Crippen LogP contribution in [0.4, 0.5) is 11.6 Å². The van der Waals surface area contributed by atoms with Crippen molar-refractivity contribution in [2.45, 2.75) is 19.8 Å². The molecule has 2 fully saturated rings. The number of nitrogens with zero attached hydrogens (tertiary/aromatic N) is 6. The van der Waals surface area contributed by atoms with Crippen LogP contribution in [0.5, 0.6) is 0 Å². The average Bonchev–Trinajstić information content (AvgIpc) is 2.75. The van der Waals surface area contributed by atoms with Crippen molar-refractivity contribution >= 4 is 17.5 Å². The summed E-state index contributed by atoms with van der Waals surface area (Å²) < 4.78 is 0. The second-order valence-corrected chi connectivity index (χ2v) is 7.40. The molecule has 7 heteroatoms. The molecule has 142 valence electrons. The molecule has 0 aliphatic carbocycles. The molecule has 4 rings (SSSR count). The molecule has 0 spiro atoms. The quantitative estimate of drug-likeness (QED) is 0.829. The zero-order valence-corrected chi connectivity index (χ0v) is 15.8. The molecule has 0 saturated carbocycles. The van der Waals surface area contributed by atoms with Crippen molar-refractivity contribution in [3.05, 3.63) is 42.5 Å². The predicted molar refractivity (Wildman–Crippen MR) is 105 cm³/mol. The lowest BCUT2D eigenvalue weighted by Gasteiger charge is -2.35. The predicted octanol–water partition coefficient (Wildman–Crippen LogP) is 2.07. The first-order valence-electron chi connectivity index (χ1n) is 9.73. The van der Waals surface area contributed by atoms with Crippen molar-refractivity contribution in [2.75, 3.05) is 49.1 Å². The normalized spacial score (nSPS) is 18.6. The second-order valence-electron chi connectivity index (χ2n) is 7.40. The van der Waals surface area contributed by atoms with Gasteiger partial charge in [0.1, 0.15) is 23.7 Å². The molecule has 0 aromatic carbocycles. The smallest absolute Gasteiger partial charge is 0.272 e. The third kappa shape index (κ3) is 4.02. The van der Waals surface area contributed by atoms with Gasteiger partial charge >= 0.3 is 0 Å². The Morgan fingerprint density at radius 3 is 2.37 bits per heavy atom. The van der Waals surface area contributed by atoms with Gasteiger partial charge in [-0.3, -0.25) is 4.79 Å². The van der Waals surface area contributed by atoms with E-state index in [0.29, 0.717) is 18.8 Å². The summed E-state index contributed by atoms with van der Waals surface area (Å²) in [5, 5.41) is 0. The van der Waals surface area contributed by atoms with E-state index in [1.165, 1.54) is 19.2 Å². The first-order chi connectivity index (χ1) is 13.2. The number of carbonyl (C=O) groups excluding carboxylic acids is 1. The molecular formula is C20H26N6O. The molecule has 0 radical (unpaired) electrons. The Bertz CT molecular complexity index is 767. The Hall–Kier alpha value is -2.70. The number of amides is 1. The zero-order valence-electron chi connectivity index (χ0n) is 15.8. The average molecular weight is 366 g/mol. The molecular weight excluding hydrogens is 340 g/mol. The fraction of sp³-hybridized carbons (Fsp3) is 0.500. The third-order valence-electron chi connectivity index (χ3n) is 5.52. The Morgan fingerprint density at radius 1 is 0.926 bits per heavy atom. The number of carbonyl (C=O) groups is 1. The van der Waals surface area contributed by atoms with E-state index in [2.05, 4.69) is 31.7 Å². The van der Waals surface area contributed by atoms with E-state index in [0.717, 1.165) is 43.7 Å². The lowest BCUT2D eigenvalue weighted by Crippen LogP contribution is -2.49. The van der Waals surface area contributed by atoms with E-state index >= 15 is 0 Å². The maximum Gasteiger partial charge on any atom is 0.272 e. The molecule has 7 nitrogen and oxygen atoms in total. The Morgan fingerprint density at radius 2 is 1.67 bits per heavy atom. The van der Waals surface area contributed by atoms with Crippen LogP contribution in [-0.2, 0) is 0 Å². The fourth-order valence-electron chi connectivity index (χ4n) is 3.72. The summed E-state index contributed by atoms with van der Waals surface area (Å²) in [6.45, 7) is 7.20. The van der Waals surface area contributed by atoms with Gasteiger partial charge in [0.2, 0.25) is 0 Å². The molecule has 2 saturated heterocycles. The third-order valence-corrected chi connectivity index (χ3v) is 5.52. The Balaban J connectivity index is 1.39. The van der Waals surface area contributed by atoms with Gasteiger partial charge in [-0.05, 0) is 30.9 Å². The Labute approximate surface area is 160 Å². The highest BCUT2D eigenvalue weighted by Gasteiger charge is 2.25. The molecule has 0 bridgehead atoms. The van der Waals surface area contributed by atoms with Crippen molar-refractivity contribution in [1.29, 1.82) is 0 Å². The van der Waals surface area contributed by atoms with Crippen LogP contribution in [0.1, 0.15) is 30.3 Å². The van der Waals surface area contributed by atoms with Gasteiger partial charge in [-0.2, -0.15) is 0 Å². The lowest BCUT2D eigenvalue weighted by molar-refractivity contribution is 0.0740. The van der Waals surface area contributed by atoms with Crippen LogP contribution in [-0.4, -0.2) is 65.0 Å². The van der Waals surface area contributed by atoms with E-state index < -0.39 is 0 Å². The number of hydrogen-bond acceptors (Lipinski definition) is 6. The van der Waals surface area contributed by atoms with E-state index in [1.807, 2.05) is 29.2 Å². The highest BCUT2D eigenvalue weighted by Crippen LogP contribution is 2.22. The molecule has 2 aromatic heterocycles. The summed E-state index contributed by atoms with van der Waals surface area (Å²) in [6, 6.07) is 7.76. The van der Waals surface area contributed by atoms with E-state index in [9.17, 15) is 4.79 Å². The maximum atomic E-state index is 12.9. The highest BCUT2D eigenvalue weighted by atomic mass is 16.2. The first-order valence-corrected chi connectivity index (χ1v) is 9.73. The number of pyridine rings is 1. The Kier molecular flexibility index (Phi) is 5.18. The molecule has 2 aliphatic rings. The molecule has 0 unspecified atom stereocenters. The van der Waals surface area contributed by atoms with Crippen LogP contribution in [0.2, 0.25) is 0 Å². The molecule has 2 aliphatic heterocycles. The number of hydrogen-bond donors (Lipinski definition) is 0. The van der Waals surface area contributed by atoms with Crippen molar-refractivity contribution in [2.24, 2.45) is 5.92 Å². The standard InChI is InChI=1S/C20H26N6O/c1-16-5-8-24(9-6-16)19-14-17(22-15-23-19)20(27)26-12-10-25(11-13-26)18-4-2-3-7-21-18/h2-4,7,14-16H,5-6,8-13H2,1H3.